The molecule has 4 N–H and O–H groups in total. The van der Waals surface area contributed by atoms with Crippen molar-refractivity contribution in [3.63, 3.8) is 0 Å². The van der Waals surface area contributed by atoms with Crippen molar-refractivity contribution in [1.29, 1.82) is 0 Å². The maximum absolute atomic E-state index is 13.8. The van der Waals surface area contributed by atoms with Gasteiger partial charge in [0.25, 0.3) is 0 Å². The number of carbonyl (C=O) groups is 1. The Hall–Kier alpha value is -4.57. The van der Waals surface area contributed by atoms with Crippen LogP contribution in [0, 0.1) is 5.82 Å². The predicted molar refractivity (Wildman–Crippen MR) is 136 cm³/mol. The SMILES string of the molecule is C[C@@]1(c2ccc(O)c(Cl)c2)C(=O)Nc2nc(-c3cn4ccnc4c(Cc4cccc(F)c4)n3)nc(N)c21. The molecule has 11 heteroatoms. The summed E-state index contributed by atoms with van der Waals surface area (Å²) in [4.78, 5) is 31.4. The molecule has 1 aliphatic rings. The highest BCUT2D eigenvalue weighted by molar-refractivity contribution is 6.32. The number of imidazole rings is 1. The van der Waals surface area contributed by atoms with E-state index in [1.807, 2.05) is 6.07 Å². The van der Waals surface area contributed by atoms with E-state index in [9.17, 15) is 14.3 Å². The van der Waals surface area contributed by atoms with Crippen molar-refractivity contribution in [3.8, 4) is 17.3 Å². The van der Waals surface area contributed by atoms with Gasteiger partial charge in [-0.3, -0.25) is 4.79 Å². The van der Waals surface area contributed by atoms with Crippen LogP contribution in [0.15, 0.2) is 61.1 Å². The van der Waals surface area contributed by atoms with Crippen LogP contribution < -0.4 is 11.1 Å². The van der Waals surface area contributed by atoms with Crippen LogP contribution in [0.5, 0.6) is 5.75 Å². The van der Waals surface area contributed by atoms with Crippen LogP contribution in [0.4, 0.5) is 16.0 Å². The Morgan fingerprint density at radius 3 is 2.81 bits per heavy atom. The van der Waals surface area contributed by atoms with Crippen molar-refractivity contribution in [1.82, 2.24) is 24.3 Å². The van der Waals surface area contributed by atoms with Crippen LogP contribution >= 0.6 is 11.6 Å². The van der Waals surface area contributed by atoms with Crippen molar-refractivity contribution in [3.05, 3.63) is 94.3 Å². The van der Waals surface area contributed by atoms with Gasteiger partial charge in [0.05, 0.1) is 16.3 Å². The largest absolute Gasteiger partial charge is 0.506 e. The molecule has 37 heavy (non-hydrogen) atoms. The standard InChI is InChI=1S/C26H19ClFN7O2/c1-26(14-5-6-19(36)16(27)11-14)20-21(29)32-22(33-23(20)34-25(26)37)18-12-35-8-7-30-24(35)17(31-18)10-13-3-2-4-15(28)9-13/h2-9,11-12,36H,10H2,1H3,(H3,29,32,33,34,37)/t26-/m0/s1. The molecule has 3 aromatic heterocycles. The second-order valence-electron chi connectivity index (χ2n) is 8.94. The average molecular weight is 516 g/mol. The van der Waals surface area contributed by atoms with Gasteiger partial charge in [0.1, 0.15) is 34.3 Å². The molecule has 5 aromatic rings. The van der Waals surface area contributed by atoms with Crippen molar-refractivity contribution >= 4 is 34.8 Å². The molecule has 9 nitrogen and oxygen atoms in total. The summed E-state index contributed by atoms with van der Waals surface area (Å²) in [5.74, 6) is -0.214. The number of benzene rings is 2. The van der Waals surface area contributed by atoms with Crippen molar-refractivity contribution in [2.24, 2.45) is 0 Å². The number of hydrogen-bond acceptors (Lipinski definition) is 7. The lowest BCUT2D eigenvalue weighted by Gasteiger charge is -2.23. The summed E-state index contributed by atoms with van der Waals surface area (Å²) < 4.78 is 15.6. The van der Waals surface area contributed by atoms with Gasteiger partial charge < -0.3 is 20.6 Å². The lowest BCUT2D eigenvalue weighted by molar-refractivity contribution is -0.119. The fourth-order valence-corrected chi connectivity index (χ4v) is 4.86. The van der Waals surface area contributed by atoms with E-state index in [1.54, 1.807) is 42.0 Å². The number of halogens is 2. The third-order valence-corrected chi connectivity index (χ3v) is 6.88. The number of phenolic OH excluding ortho intramolecular Hbond substituents is 1. The maximum Gasteiger partial charge on any atom is 0.240 e. The molecule has 4 heterocycles. The highest BCUT2D eigenvalue weighted by Crippen LogP contribution is 2.46. The number of rotatable bonds is 4. The summed E-state index contributed by atoms with van der Waals surface area (Å²) in [5, 5.41) is 12.7. The van der Waals surface area contributed by atoms with Crippen molar-refractivity contribution in [2.75, 3.05) is 11.1 Å². The van der Waals surface area contributed by atoms with E-state index < -0.39 is 5.41 Å². The first-order chi connectivity index (χ1) is 17.7. The van der Waals surface area contributed by atoms with Crippen LogP contribution in [-0.2, 0) is 16.6 Å². The molecule has 0 saturated heterocycles. The molecule has 0 bridgehead atoms. The molecule has 1 atom stereocenters. The first-order valence-corrected chi connectivity index (χ1v) is 11.7. The number of fused-ring (bicyclic) bond motifs is 2. The van der Waals surface area contributed by atoms with E-state index in [2.05, 4.69) is 20.3 Å². The Morgan fingerprint density at radius 1 is 1.19 bits per heavy atom. The second-order valence-corrected chi connectivity index (χ2v) is 9.35. The van der Waals surface area contributed by atoms with Crippen LogP contribution in [-0.4, -0.2) is 35.4 Å². The summed E-state index contributed by atoms with van der Waals surface area (Å²) >= 11 is 6.11. The van der Waals surface area contributed by atoms with Gasteiger partial charge in [0.2, 0.25) is 5.91 Å². The van der Waals surface area contributed by atoms with Crippen LogP contribution in [0.25, 0.3) is 17.2 Å². The van der Waals surface area contributed by atoms with Gasteiger partial charge >= 0.3 is 0 Å². The first-order valence-electron chi connectivity index (χ1n) is 11.3. The van der Waals surface area contributed by atoms with E-state index in [4.69, 9.17) is 22.3 Å². The molecule has 0 saturated carbocycles. The quantitative estimate of drug-likeness (QED) is 0.328. The number of nitrogens with zero attached hydrogens (tertiary/aromatic N) is 5. The van der Waals surface area contributed by atoms with Gasteiger partial charge in [-0.05, 0) is 42.3 Å². The molecule has 1 amide bonds. The fourth-order valence-electron chi connectivity index (χ4n) is 4.68. The van der Waals surface area contributed by atoms with E-state index in [0.717, 1.165) is 5.56 Å². The average Bonchev–Trinajstić information content (AvgIpc) is 3.44. The van der Waals surface area contributed by atoms with E-state index in [0.29, 0.717) is 34.6 Å². The minimum Gasteiger partial charge on any atom is -0.506 e. The highest BCUT2D eigenvalue weighted by atomic mass is 35.5. The number of nitrogens with two attached hydrogens (primary N) is 1. The predicted octanol–water partition coefficient (Wildman–Crippen LogP) is 4.12. The normalized spacial score (nSPS) is 16.7. The second kappa shape index (κ2) is 8.24. The summed E-state index contributed by atoms with van der Waals surface area (Å²) in [6.45, 7) is 1.70. The Balaban J connectivity index is 1.46. The molecule has 0 unspecified atom stereocenters. The molecule has 184 valence electrons. The lowest BCUT2D eigenvalue weighted by Crippen LogP contribution is -2.33. The zero-order valence-electron chi connectivity index (χ0n) is 19.4. The van der Waals surface area contributed by atoms with Crippen molar-refractivity contribution in [2.45, 2.75) is 18.8 Å². The summed E-state index contributed by atoms with van der Waals surface area (Å²) in [6.07, 6.45) is 5.46. The highest BCUT2D eigenvalue weighted by Gasteiger charge is 2.47. The van der Waals surface area contributed by atoms with E-state index in [-0.39, 0.29) is 40.0 Å². The first kappa shape index (κ1) is 22.9. The molecule has 0 aliphatic carbocycles. The fraction of sp³-hybridized carbons (Fsp3) is 0.115. The third-order valence-electron chi connectivity index (χ3n) is 6.58. The van der Waals surface area contributed by atoms with Crippen LogP contribution in [0.2, 0.25) is 5.02 Å². The number of nitrogens with one attached hydrogen (secondary N) is 1. The van der Waals surface area contributed by atoms with Gasteiger partial charge in [-0.1, -0.05) is 29.8 Å². The number of carbonyl (C=O) groups excluding carboxylic acids is 1. The Kier molecular flexibility index (Phi) is 5.09. The minimum absolute atomic E-state index is 0.0952. The van der Waals surface area contributed by atoms with Gasteiger partial charge in [-0.25, -0.2) is 24.3 Å². The van der Waals surface area contributed by atoms with E-state index in [1.165, 1.54) is 24.3 Å². The maximum atomic E-state index is 13.8. The Labute approximate surface area is 214 Å². The molecule has 6 rings (SSSR count). The monoisotopic (exact) mass is 515 g/mol. The molecule has 0 spiro atoms. The van der Waals surface area contributed by atoms with Gasteiger partial charge in [0.15, 0.2) is 11.5 Å². The minimum atomic E-state index is -1.22. The van der Waals surface area contributed by atoms with Gasteiger partial charge in [0, 0.05) is 25.0 Å². The molecular weight excluding hydrogens is 497 g/mol. The molecule has 0 fully saturated rings. The van der Waals surface area contributed by atoms with Gasteiger partial charge in [-0.2, -0.15) is 0 Å². The smallest absolute Gasteiger partial charge is 0.240 e. The molecular formula is C26H19ClFN7O2. The summed E-state index contributed by atoms with van der Waals surface area (Å²) in [7, 11) is 0. The van der Waals surface area contributed by atoms with Crippen LogP contribution in [0.3, 0.4) is 0 Å². The van der Waals surface area contributed by atoms with Gasteiger partial charge in [-0.15, -0.1) is 0 Å². The Bertz CT molecular complexity index is 1740. The zero-order valence-corrected chi connectivity index (χ0v) is 20.2. The number of anilines is 2. The molecule has 2 aromatic carbocycles. The zero-order chi connectivity index (χ0) is 25.9. The lowest BCUT2D eigenvalue weighted by atomic mass is 9.77. The number of aromatic nitrogens is 5. The topological polar surface area (TPSA) is 131 Å². The van der Waals surface area contributed by atoms with Crippen LogP contribution in [0.1, 0.15) is 29.3 Å². The van der Waals surface area contributed by atoms with E-state index >= 15 is 0 Å². The van der Waals surface area contributed by atoms with Crippen molar-refractivity contribution < 1.29 is 14.3 Å². The number of nitrogen functional groups attached to an aromatic ring is 1. The number of phenols is 1. The summed E-state index contributed by atoms with van der Waals surface area (Å²) in [6, 6.07) is 10.8. The molecule has 1 aliphatic heterocycles. The number of aromatic hydroxyl groups is 1. The molecule has 0 radical (unpaired) electrons. The Morgan fingerprint density at radius 2 is 2.03 bits per heavy atom. The third kappa shape index (κ3) is 3.64. The number of hydrogen-bond donors (Lipinski definition) is 3. The number of amides is 1. The summed E-state index contributed by atoms with van der Waals surface area (Å²) in [5.41, 5.74) is 8.49.